The minimum Gasteiger partial charge on any atom is -0.496 e. The Hall–Kier alpha value is -1.26. The molecule has 1 aliphatic rings. The van der Waals surface area contributed by atoms with Crippen molar-refractivity contribution in [2.24, 2.45) is 11.1 Å². The average molecular weight is 264 g/mol. The van der Waals surface area contributed by atoms with Crippen LogP contribution in [0.2, 0.25) is 0 Å². The van der Waals surface area contributed by atoms with Gasteiger partial charge < -0.3 is 20.5 Å². The van der Waals surface area contributed by atoms with E-state index in [1.54, 1.807) is 14.2 Å². The molecule has 4 heteroatoms. The molecule has 0 spiro atoms. The van der Waals surface area contributed by atoms with E-state index in [-0.39, 0.29) is 11.5 Å². The van der Waals surface area contributed by atoms with Crippen molar-refractivity contribution in [1.82, 2.24) is 5.32 Å². The first-order valence-corrected chi connectivity index (χ1v) is 6.71. The quantitative estimate of drug-likeness (QED) is 0.825. The van der Waals surface area contributed by atoms with E-state index < -0.39 is 0 Å². The molecule has 4 nitrogen and oxygen atoms in total. The Morgan fingerprint density at radius 2 is 2.00 bits per heavy atom. The van der Waals surface area contributed by atoms with Crippen molar-refractivity contribution in [3.63, 3.8) is 0 Å². The van der Waals surface area contributed by atoms with Gasteiger partial charge in [0.1, 0.15) is 11.5 Å². The summed E-state index contributed by atoms with van der Waals surface area (Å²) in [4.78, 5) is 0. The van der Waals surface area contributed by atoms with E-state index >= 15 is 0 Å². The predicted molar refractivity (Wildman–Crippen MR) is 76.8 cm³/mol. The van der Waals surface area contributed by atoms with Crippen molar-refractivity contribution in [3.05, 3.63) is 23.3 Å². The first kappa shape index (κ1) is 14.2. The molecule has 0 saturated heterocycles. The van der Waals surface area contributed by atoms with Gasteiger partial charge in [0, 0.05) is 29.1 Å². The van der Waals surface area contributed by atoms with Gasteiger partial charge in [-0.2, -0.15) is 0 Å². The van der Waals surface area contributed by atoms with Crippen molar-refractivity contribution in [3.8, 4) is 11.5 Å². The van der Waals surface area contributed by atoms with Crippen molar-refractivity contribution in [2.45, 2.75) is 25.8 Å². The van der Waals surface area contributed by atoms with E-state index in [2.05, 4.69) is 5.32 Å². The number of nitrogens with two attached hydrogens (primary N) is 1. The largest absolute Gasteiger partial charge is 0.496 e. The van der Waals surface area contributed by atoms with Crippen LogP contribution in [-0.4, -0.2) is 27.8 Å². The van der Waals surface area contributed by atoms with E-state index in [4.69, 9.17) is 15.2 Å². The molecule has 1 aromatic carbocycles. The molecule has 3 N–H and O–H groups in total. The van der Waals surface area contributed by atoms with Crippen LogP contribution >= 0.6 is 0 Å². The van der Waals surface area contributed by atoms with E-state index in [1.807, 2.05) is 26.1 Å². The van der Waals surface area contributed by atoms with E-state index in [1.165, 1.54) is 12.8 Å². The highest BCUT2D eigenvalue weighted by molar-refractivity contribution is 5.51. The maximum atomic E-state index is 6.50. The molecule has 0 radical (unpaired) electrons. The van der Waals surface area contributed by atoms with Crippen LogP contribution < -0.4 is 20.5 Å². The SMILES string of the molecule is CNCC1(C(N)c2ccc(OC)c(C)c2OC)CC1. The maximum absolute atomic E-state index is 6.50. The van der Waals surface area contributed by atoms with Crippen molar-refractivity contribution in [2.75, 3.05) is 27.8 Å². The standard InChI is InChI=1S/C15H24N2O2/c1-10-12(18-3)6-5-11(13(10)19-4)14(16)15(7-8-15)9-17-2/h5-6,14,17H,7-9,16H2,1-4H3. The molecular formula is C15H24N2O2. The zero-order valence-electron chi connectivity index (χ0n) is 12.2. The fraction of sp³-hybridized carbons (Fsp3) is 0.600. The van der Waals surface area contributed by atoms with Gasteiger partial charge in [0.25, 0.3) is 0 Å². The van der Waals surface area contributed by atoms with E-state index in [0.29, 0.717) is 0 Å². The number of ether oxygens (including phenoxy) is 2. The third kappa shape index (κ3) is 2.42. The van der Waals surface area contributed by atoms with Gasteiger partial charge in [-0.25, -0.2) is 0 Å². The topological polar surface area (TPSA) is 56.5 Å². The molecule has 0 aromatic heterocycles. The summed E-state index contributed by atoms with van der Waals surface area (Å²) >= 11 is 0. The molecule has 0 bridgehead atoms. The highest BCUT2D eigenvalue weighted by atomic mass is 16.5. The second-order valence-corrected chi connectivity index (χ2v) is 5.39. The normalized spacial score (nSPS) is 17.9. The Morgan fingerprint density at radius 1 is 1.32 bits per heavy atom. The number of hydrogen-bond donors (Lipinski definition) is 2. The monoisotopic (exact) mass is 264 g/mol. The maximum Gasteiger partial charge on any atom is 0.130 e. The predicted octanol–water partition coefficient (Wildman–Crippen LogP) is 2.01. The van der Waals surface area contributed by atoms with Crippen LogP contribution in [0.5, 0.6) is 11.5 Å². The third-order valence-electron chi connectivity index (χ3n) is 4.23. The molecule has 19 heavy (non-hydrogen) atoms. The lowest BCUT2D eigenvalue weighted by molar-refractivity contribution is 0.355. The summed E-state index contributed by atoms with van der Waals surface area (Å²) in [6, 6.07) is 4.01. The summed E-state index contributed by atoms with van der Waals surface area (Å²) in [5.74, 6) is 1.69. The first-order valence-electron chi connectivity index (χ1n) is 6.71. The molecule has 0 heterocycles. The lowest BCUT2D eigenvalue weighted by Gasteiger charge is -2.26. The summed E-state index contributed by atoms with van der Waals surface area (Å²) in [6.45, 7) is 2.95. The zero-order chi connectivity index (χ0) is 14.0. The van der Waals surface area contributed by atoms with Gasteiger partial charge in [0.05, 0.1) is 14.2 Å². The summed E-state index contributed by atoms with van der Waals surface area (Å²) < 4.78 is 10.9. The van der Waals surface area contributed by atoms with Gasteiger partial charge >= 0.3 is 0 Å². The Balaban J connectivity index is 2.37. The molecular weight excluding hydrogens is 240 g/mol. The molecule has 1 unspecified atom stereocenters. The van der Waals surface area contributed by atoms with Crippen molar-refractivity contribution >= 4 is 0 Å². The Labute approximate surface area is 115 Å². The molecule has 1 aliphatic carbocycles. The molecule has 1 saturated carbocycles. The third-order valence-corrected chi connectivity index (χ3v) is 4.23. The Morgan fingerprint density at radius 3 is 2.47 bits per heavy atom. The second kappa shape index (κ2) is 5.39. The number of nitrogens with one attached hydrogen (secondary N) is 1. The zero-order valence-corrected chi connectivity index (χ0v) is 12.2. The minimum atomic E-state index is -0.000457. The van der Waals surface area contributed by atoms with Crippen LogP contribution in [-0.2, 0) is 0 Å². The number of hydrogen-bond acceptors (Lipinski definition) is 4. The highest BCUT2D eigenvalue weighted by Crippen LogP contribution is 2.55. The summed E-state index contributed by atoms with van der Waals surface area (Å²) in [6.07, 6.45) is 2.34. The van der Waals surface area contributed by atoms with E-state index in [0.717, 1.165) is 29.2 Å². The van der Waals surface area contributed by atoms with Gasteiger partial charge in [0.2, 0.25) is 0 Å². The summed E-state index contributed by atoms with van der Waals surface area (Å²) in [5, 5.41) is 3.25. The Bertz CT molecular complexity index is 456. The van der Waals surface area contributed by atoms with Crippen LogP contribution in [0.3, 0.4) is 0 Å². The fourth-order valence-electron chi connectivity index (χ4n) is 2.87. The molecule has 106 valence electrons. The average Bonchev–Trinajstić information content (AvgIpc) is 3.19. The summed E-state index contributed by atoms with van der Waals surface area (Å²) in [7, 11) is 5.34. The van der Waals surface area contributed by atoms with Crippen molar-refractivity contribution < 1.29 is 9.47 Å². The molecule has 1 atom stereocenters. The van der Waals surface area contributed by atoms with Gasteiger partial charge in [-0.1, -0.05) is 6.07 Å². The van der Waals surface area contributed by atoms with Crippen LogP contribution in [0.1, 0.15) is 30.0 Å². The molecule has 2 rings (SSSR count). The number of benzene rings is 1. The fourth-order valence-corrected chi connectivity index (χ4v) is 2.87. The first-order chi connectivity index (χ1) is 9.09. The van der Waals surface area contributed by atoms with Gasteiger partial charge in [-0.05, 0) is 32.9 Å². The van der Waals surface area contributed by atoms with Crippen LogP contribution in [0.4, 0.5) is 0 Å². The van der Waals surface area contributed by atoms with Gasteiger partial charge in [-0.15, -0.1) is 0 Å². The smallest absolute Gasteiger partial charge is 0.130 e. The molecule has 0 amide bonds. The molecule has 0 aliphatic heterocycles. The minimum absolute atomic E-state index is 0.000457. The van der Waals surface area contributed by atoms with Crippen LogP contribution in [0.15, 0.2) is 12.1 Å². The summed E-state index contributed by atoms with van der Waals surface area (Å²) in [5.41, 5.74) is 8.77. The van der Waals surface area contributed by atoms with Crippen molar-refractivity contribution in [1.29, 1.82) is 0 Å². The number of rotatable bonds is 6. The number of methoxy groups -OCH3 is 2. The lowest BCUT2D eigenvalue weighted by atomic mass is 9.89. The highest BCUT2D eigenvalue weighted by Gasteiger charge is 2.48. The van der Waals surface area contributed by atoms with Gasteiger partial charge in [0.15, 0.2) is 0 Å². The lowest BCUT2D eigenvalue weighted by Crippen LogP contribution is -2.31. The van der Waals surface area contributed by atoms with E-state index in [9.17, 15) is 0 Å². The van der Waals surface area contributed by atoms with Crippen LogP contribution in [0.25, 0.3) is 0 Å². The van der Waals surface area contributed by atoms with Crippen LogP contribution in [0, 0.1) is 12.3 Å². The van der Waals surface area contributed by atoms with Gasteiger partial charge in [-0.3, -0.25) is 0 Å². The second-order valence-electron chi connectivity index (χ2n) is 5.39. The Kier molecular flexibility index (Phi) is 4.02. The molecule has 1 aromatic rings. The molecule has 1 fully saturated rings.